The van der Waals surface area contributed by atoms with Gasteiger partial charge in [-0.15, -0.1) is 0 Å². The Morgan fingerprint density at radius 2 is 1.50 bits per heavy atom. The third-order valence-electron chi connectivity index (χ3n) is 7.64. The van der Waals surface area contributed by atoms with Crippen LogP contribution in [0, 0.1) is 17.3 Å². The third-order valence-corrected chi connectivity index (χ3v) is 7.64. The lowest BCUT2D eigenvalue weighted by molar-refractivity contribution is -0.176. The predicted molar refractivity (Wildman–Crippen MR) is 119 cm³/mol. The SMILES string of the molecule is C/C=C(/C)C(=O)O[C@@H]1C[C@@](C)(O)C(=O)[C@H](OC(=O)/C(C)=C\C)[C@@]2(C)CC[C@@](O)(C(C)C)[C@H]12. The summed E-state index contributed by atoms with van der Waals surface area (Å²) in [7, 11) is 0. The number of ether oxygens (including phenoxy) is 2. The van der Waals surface area contributed by atoms with E-state index in [1.807, 2.05) is 13.8 Å². The van der Waals surface area contributed by atoms with E-state index in [0.717, 1.165) is 0 Å². The number of ketones is 1. The van der Waals surface area contributed by atoms with E-state index in [1.54, 1.807) is 46.8 Å². The summed E-state index contributed by atoms with van der Waals surface area (Å²) in [5.41, 5.74) is -3.49. The molecule has 7 heteroatoms. The van der Waals surface area contributed by atoms with E-state index in [-0.39, 0.29) is 12.3 Å². The van der Waals surface area contributed by atoms with Crippen molar-refractivity contribution < 1.29 is 34.1 Å². The maximum atomic E-state index is 13.5. The molecule has 0 radical (unpaired) electrons. The van der Waals surface area contributed by atoms with Gasteiger partial charge < -0.3 is 19.7 Å². The zero-order valence-electron chi connectivity index (χ0n) is 20.5. The fraction of sp³-hybridized carbons (Fsp3) is 0.720. The van der Waals surface area contributed by atoms with E-state index < -0.39 is 52.5 Å². The Labute approximate surface area is 190 Å². The smallest absolute Gasteiger partial charge is 0.334 e. The first-order valence-electron chi connectivity index (χ1n) is 11.3. The molecule has 2 N–H and O–H groups in total. The minimum Gasteiger partial charge on any atom is -0.458 e. The number of allylic oxidation sites excluding steroid dienone is 2. The van der Waals surface area contributed by atoms with Crippen molar-refractivity contribution in [1.82, 2.24) is 0 Å². The van der Waals surface area contributed by atoms with Crippen LogP contribution in [0.1, 0.15) is 74.7 Å². The molecule has 0 unspecified atom stereocenters. The highest BCUT2D eigenvalue weighted by Gasteiger charge is 2.68. The second-order valence-corrected chi connectivity index (χ2v) is 10.1. The lowest BCUT2D eigenvalue weighted by Crippen LogP contribution is -2.54. The number of hydrogen-bond acceptors (Lipinski definition) is 7. The van der Waals surface area contributed by atoms with Crippen LogP contribution in [-0.4, -0.2) is 51.3 Å². The van der Waals surface area contributed by atoms with Crippen molar-refractivity contribution in [3.63, 3.8) is 0 Å². The number of aliphatic hydroxyl groups is 2. The summed E-state index contributed by atoms with van der Waals surface area (Å²) in [5, 5.41) is 22.9. The zero-order chi connectivity index (χ0) is 24.6. The minimum atomic E-state index is -1.91. The van der Waals surface area contributed by atoms with Crippen LogP contribution in [0.3, 0.4) is 0 Å². The molecule has 0 aromatic rings. The highest BCUT2D eigenvalue weighted by molar-refractivity contribution is 5.96. The van der Waals surface area contributed by atoms with E-state index >= 15 is 0 Å². The van der Waals surface area contributed by atoms with Gasteiger partial charge in [-0.2, -0.15) is 0 Å². The molecule has 2 rings (SSSR count). The number of esters is 2. The van der Waals surface area contributed by atoms with Gasteiger partial charge in [0, 0.05) is 28.9 Å². The first kappa shape index (κ1) is 26.3. The van der Waals surface area contributed by atoms with Crippen LogP contribution >= 0.6 is 0 Å². The fourth-order valence-electron chi connectivity index (χ4n) is 5.20. The van der Waals surface area contributed by atoms with E-state index in [0.29, 0.717) is 24.0 Å². The van der Waals surface area contributed by atoms with Crippen molar-refractivity contribution in [2.75, 3.05) is 0 Å². The summed E-state index contributed by atoms with van der Waals surface area (Å²) >= 11 is 0. The molecule has 2 aliphatic rings. The number of hydrogen-bond donors (Lipinski definition) is 2. The van der Waals surface area contributed by atoms with Crippen LogP contribution in [0.5, 0.6) is 0 Å². The van der Waals surface area contributed by atoms with Gasteiger partial charge in [-0.1, -0.05) is 32.9 Å². The average Bonchev–Trinajstić information content (AvgIpc) is 2.98. The number of carbonyl (C=O) groups is 3. The molecular formula is C25H38O7. The van der Waals surface area contributed by atoms with Crippen molar-refractivity contribution in [2.45, 2.75) is 98.1 Å². The molecule has 2 fully saturated rings. The van der Waals surface area contributed by atoms with Gasteiger partial charge in [0.05, 0.1) is 5.60 Å². The minimum absolute atomic E-state index is 0.194. The zero-order valence-corrected chi connectivity index (χ0v) is 20.5. The van der Waals surface area contributed by atoms with Gasteiger partial charge in [0.1, 0.15) is 11.7 Å². The highest BCUT2D eigenvalue weighted by Crippen LogP contribution is 2.59. The van der Waals surface area contributed by atoms with Crippen molar-refractivity contribution in [3.8, 4) is 0 Å². The van der Waals surface area contributed by atoms with Crippen LogP contribution in [-0.2, 0) is 23.9 Å². The molecule has 0 heterocycles. The number of Topliss-reactive ketones (excluding diaryl/α,β-unsaturated/α-hetero) is 1. The summed E-state index contributed by atoms with van der Waals surface area (Å²) in [6.07, 6.45) is 1.51. The topological polar surface area (TPSA) is 110 Å². The monoisotopic (exact) mass is 450 g/mol. The van der Waals surface area contributed by atoms with Crippen LogP contribution in [0.2, 0.25) is 0 Å². The van der Waals surface area contributed by atoms with Crippen molar-refractivity contribution >= 4 is 17.7 Å². The van der Waals surface area contributed by atoms with Gasteiger partial charge in [0.2, 0.25) is 5.78 Å². The molecule has 0 amide bonds. The van der Waals surface area contributed by atoms with Crippen LogP contribution in [0.15, 0.2) is 23.3 Å². The third kappa shape index (κ3) is 4.42. The fourth-order valence-corrected chi connectivity index (χ4v) is 5.20. The maximum absolute atomic E-state index is 13.5. The predicted octanol–water partition coefficient (Wildman–Crippen LogP) is 3.27. The van der Waals surface area contributed by atoms with E-state index in [4.69, 9.17) is 9.47 Å². The van der Waals surface area contributed by atoms with E-state index in [9.17, 15) is 24.6 Å². The van der Waals surface area contributed by atoms with Gasteiger partial charge in [-0.05, 0) is 53.4 Å². The molecule has 32 heavy (non-hydrogen) atoms. The Morgan fingerprint density at radius 1 is 1.00 bits per heavy atom. The molecule has 7 nitrogen and oxygen atoms in total. The Morgan fingerprint density at radius 3 is 1.97 bits per heavy atom. The summed E-state index contributed by atoms with van der Waals surface area (Å²) in [5.74, 6) is -2.80. The second kappa shape index (κ2) is 9.10. The highest BCUT2D eigenvalue weighted by atomic mass is 16.6. The van der Waals surface area contributed by atoms with Crippen molar-refractivity contribution in [1.29, 1.82) is 0 Å². The van der Waals surface area contributed by atoms with Crippen LogP contribution < -0.4 is 0 Å². The molecule has 6 atom stereocenters. The number of rotatable bonds is 5. The van der Waals surface area contributed by atoms with Crippen LogP contribution in [0.25, 0.3) is 0 Å². The first-order valence-corrected chi connectivity index (χ1v) is 11.3. The second-order valence-electron chi connectivity index (χ2n) is 10.1. The Hall–Kier alpha value is -1.99. The Balaban J connectivity index is 2.67. The number of fused-ring (bicyclic) bond motifs is 1. The molecular weight excluding hydrogens is 412 g/mol. The molecule has 0 aromatic heterocycles. The lowest BCUT2D eigenvalue weighted by Gasteiger charge is -2.44. The quantitative estimate of drug-likeness (QED) is 0.488. The van der Waals surface area contributed by atoms with E-state index in [1.165, 1.54) is 6.92 Å². The lowest BCUT2D eigenvalue weighted by atomic mass is 9.66. The van der Waals surface area contributed by atoms with Gasteiger partial charge >= 0.3 is 11.9 Å². The van der Waals surface area contributed by atoms with Gasteiger partial charge in [0.25, 0.3) is 0 Å². The van der Waals surface area contributed by atoms with Crippen molar-refractivity contribution in [3.05, 3.63) is 23.3 Å². The van der Waals surface area contributed by atoms with E-state index in [2.05, 4.69) is 0 Å². The van der Waals surface area contributed by atoms with Gasteiger partial charge in [0.15, 0.2) is 6.10 Å². The molecule has 0 bridgehead atoms. The largest absolute Gasteiger partial charge is 0.458 e. The van der Waals surface area contributed by atoms with Crippen molar-refractivity contribution in [2.24, 2.45) is 17.3 Å². The summed E-state index contributed by atoms with van der Waals surface area (Å²) in [6, 6.07) is 0. The molecule has 2 aliphatic carbocycles. The molecule has 0 spiro atoms. The molecule has 0 aromatic carbocycles. The molecule has 2 saturated carbocycles. The maximum Gasteiger partial charge on any atom is 0.334 e. The normalized spacial score (nSPS) is 38.3. The average molecular weight is 451 g/mol. The number of carbonyl (C=O) groups excluding carboxylic acids is 3. The molecule has 180 valence electrons. The molecule has 0 saturated heterocycles. The van der Waals surface area contributed by atoms with Gasteiger partial charge in [-0.25, -0.2) is 9.59 Å². The first-order chi connectivity index (χ1) is 14.7. The summed E-state index contributed by atoms with van der Waals surface area (Å²) in [6.45, 7) is 13.5. The standard InChI is InChI=1S/C25H38O7/c1-9-15(5)21(27)31-17-13-24(8,29)19(26)20(32-22(28)16(6)10-2)23(7)11-12-25(30,14(3)4)18(17)23/h9-10,14,17-18,20,29-30H,11-13H2,1-8H3/b15-9-,16-10-/t17-,18-,20+,23+,24-,25-/m1/s1. The molecule has 0 aliphatic heterocycles. The summed E-state index contributed by atoms with van der Waals surface area (Å²) in [4.78, 5) is 38.8. The van der Waals surface area contributed by atoms with Crippen LogP contribution in [0.4, 0.5) is 0 Å². The summed E-state index contributed by atoms with van der Waals surface area (Å²) < 4.78 is 11.5. The Bertz CT molecular complexity index is 837. The van der Waals surface area contributed by atoms with Gasteiger partial charge in [-0.3, -0.25) is 4.79 Å². The Kier molecular flexibility index (Phi) is 7.47.